The van der Waals surface area contributed by atoms with Gasteiger partial charge >= 0.3 is 0 Å². The minimum absolute atomic E-state index is 0.0694. The van der Waals surface area contributed by atoms with Crippen LogP contribution in [0.15, 0.2) is 35.2 Å². The normalized spacial score (nSPS) is 18.4. The Morgan fingerprint density at radius 1 is 0.889 bits per heavy atom. The molecule has 1 saturated carbocycles. The second-order valence-corrected chi connectivity index (χ2v) is 9.81. The lowest BCUT2D eigenvalue weighted by molar-refractivity contribution is 0.441. The Morgan fingerprint density at radius 3 is 2.04 bits per heavy atom. The van der Waals surface area contributed by atoms with Gasteiger partial charge in [0, 0.05) is 11.8 Å². The van der Waals surface area contributed by atoms with Crippen LogP contribution < -0.4 is 0 Å². The minimum Gasteiger partial charge on any atom is -0.224 e. The molecule has 0 aromatic heterocycles. The smallest absolute Gasteiger partial charge is 0.195 e. The number of hydrogen-bond donors (Lipinski definition) is 0. The maximum Gasteiger partial charge on any atom is 0.195 e. The van der Waals surface area contributed by atoms with Gasteiger partial charge in [0.25, 0.3) is 0 Å². The Kier molecular flexibility index (Phi) is 4.04. The molecule has 1 spiro atoms. The lowest BCUT2D eigenvalue weighted by Crippen LogP contribution is -2.01. The first-order valence-electron chi connectivity index (χ1n) is 8.78. The molecule has 0 bridgehead atoms. The number of halogens is 3. The van der Waals surface area contributed by atoms with Crippen LogP contribution in [0.3, 0.4) is 0 Å². The van der Waals surface area contributed by atoms with Crippen LogP contribution in [0.25, 0.3) is 11.1 Å². The minimum atomic E-state index is -3.31. The molecule has 2 aromatic carbocycles. The number of aryl methyl sites for hydroxylation is 1. The van der Waals surface area contributed by atoms with Crippen molar-refractivity contribution in [3.05, 3.63) is 64.5 Å². The van der Waals surface area contributed by atoms with Crippen molar-refractivity contribution in [2.24, 2.45) is 5.41 Å². The summed E-state index contributed by atoms with van der Waals surface area (Å²) >= 11 is 0. The highest BCUT2D eigenvalue weighted by atomic mass is 32.2. The molecule has 2 aromatic rings. The first-order valence-corrected chi connectivity index (χ1v) is 10.7. The Morgan fingerprint density at radius 2 is 1.48 bits per heavy atom. The Balaban J connectivity index is 1.86. The summed E-state index contributed by atoms with van der Waals surface area (Å²) in [5, 5.41) is 0. The number of sulfone groups is 1. The molecule has 0 aliphatic heterocycles. The lowest BCUT2D eigenvalue weighted by atomic mass is 9.95. The van der Waals surface area contributed by atoms with Gasteiger partial charge in [-0.2, -0.15) is 0 Å². The van der Waals surface area contributed by atoms with Gasteiger partial charge in [0.1, 0.15) is 0 Å². The fourth-order valence-electron chi connectivity index (χ4n) is 3.94. The highest BCUT2D eigenvalue weighted by Crippen LogP contribution is 2.63. The summed E-state index contributed by atoms with van der Waals surface area (Å²) < 4.78 is 65.6. The molecule has 4 rings (SSSR count). The van der Waals surface area contributed by atoms with Crippen molar-refractivity contribution in [1.29, 1.82) is 0 Å². The van der Waals surface area contributed by atoms with Gasteiger partial charge in [-0.15, -0.1) is 0 Å². The number of hydrogen-bond acceptors (Lipinski definition) is 2. The molecule has 142 valence electrons. The van der Waals surface area contributed by atoms with E-state index in [1.807, 2.05) is 0 Å². The van der Waals surface area contributed by atoms with Gasteiger partial charge in [-0.25, -0.2) is 21.6 Å². The zero-order valence-electron chi connectivity index (χ0n) is 15.1. The predicted octanol–water partition coefficient (Wildman–Crippen LogP) is 5.30. The van der Waals surface area contributed by atoms with Crippen LogP contribution in [0.4, 0.5) is 13.2 Å². The summed E-state index contributed by atoms with van der Waals surface area (Å²) in [6, 6.07) is 7.84. The van der Waals surface area contributed by atoms with Gasteiger partial charge in [-0.05, 0) is 78.5 Å². The lowest BCUT2D eigenvalue weighted by Gasteiger charge is -2.12. The van der Waals surface area contributed by atoms with E-state index in [0.29, 0.717) is 12.0 Å². The molecule has 2 aliphatic rings. The summed E-state index contributed by atoms with van der Waals surface area (Å²) in [6.07, 6.45) is 4.54. The van der Waals surface area contributed by atoms with E-state index in [2.05, 4.69) is 0 Å². The third-order valence-electron chi connectivity index (χ3n) is 5.71. The Bertz CT molecular complexity index is 1080. The summed E-state index contributed by atoms with van der Waals surface area (Å²) in [7, 11) is -3.31. The van der Waals surface area contributed by atoms with Gasteiger partial charge in [-0.3, -0.25) is 0 Å². The molecule has 2 aliphatic carbocycles. The highest BCUT2D eigenvalue weighted by molar-refractivity contribution is 7.90. The second kappa shape index (κ2) is 5.96. The van der Waals surface area contributed by atoms with Crippen molar-refractivity contribution in [3.63, 3.8) is 0 Å². The summed E-state index contributed by atoms with van der Waals surface area (Å²) in [6.45, 7) is 1.42. The SMILES string of the molecule is Cc1cc(C2=C(c3ccc(S(C)(=O)=O)cc3)CC3(CC3)C2)c(F)c(F)c1F. The Hall–Kier alpha value is -2.08. The van der Waals surface area contributed by atoms with Gasteiger partial charge in [0.05, 0.1) is 4.90 Å². The number of rotatable bonds is 3. The predicted molar refractivity (Wildman–Crippen MR) is 98.3 cm³/mol. The second-order valence-electron chi connectivity index (χ2n) is 7.79. The zero-order valence-corrected chi connectivity index (χ0v) is 15.9. The summed E-state index contributed by atoms with van der Waals surface area (Å²) in [4.78, 5) is 0.211. The van der Waals surface area contributed by atoms with Gasteiger partial charge in [0.2, 0.25) is 0 Å². The number of allylic oxidation sites excluding steroid dienone is 2. The molecule has 0 N–H and O–H groups in total. The maximum absolute atomic E-state index is 14.5. The van der Waals surface area contributed by atoms with E-state index in [4.69, 9.17) is 0 Å². The molecule has 2 nitrogen and oxygen atoms in total. The number of benzene rings is 2. The fourth-order valence-corrected chi connectivity index (χ4v) is 4.57. The van der Waals surface area contributed by atoms with Crippen molar-refractivity contribution in [2.75, 3.05) is 6.26 Å². The van der Waals surface area contributed by atoms with Crippen LogP contribution in [-0.2, 0) is 9.84 Å². The molecule has 0 saturated heterocycles. The van der Waals surface area contributed by atoms with E-state index in [-0.39, 0.29) is 21.4 Å². The molecule has 0 atom stereocenters. The third kappa shape index (κ3) is 3.10. The van der Waals surface area contributed by atoms with Crippen LogP contribution in [-0.4, -0.2) is 14.7 Å². The van der Waals surface area contributed by atoms with E-state index < -0.39 is 27.3 Å². The largest absolute Gasteiger partial charge is 0.224 e. The molecule has 6 heteroatoms. The highest BCUT2D eigenvalue weighted by Gasteiger charge is 2.48. The molecule has 1 fully saturated rings. The van der Waals surface area contributed by atoms with Crippen LogP contribution in [0.2, 0.25) is 0 Å². The average Bonchev–Trinajstić information content (AvgIpc) is 3.27. The van der Waals surface area contributed by atoms with Crippen LogP contribution >= 0.6 is 0 Å². The summed E-state index contributed by atoms with van der Waals surface area (Å²) in [5.74, 6) is -3.76. The van der Waals surface area contributed by atoms with E-state index in [1.54, 1.807) is 12.1 Å². The standard InChI is InChI=1S/C21H19F3O2S/c1-12-9-15(19(23)20(24)18(12)22)17-11-21(7-8-21)10-16(17)13-3-5-14(6-4-13)27(2,25)26/h3-6,9H,7-8,10-11H2,1-2H3. The average molecular weight is 392 g/mol. The third-order valence-corrected chi connectivity index (χ3v) is 6.84. The molecule has 0 amide bonds. The molecule has 0 heterocycles. The Labute approximate surface area is 156 Å². The van der Waals surface area contributed by atoms with Crippen LogP contribution in [0.5, 0.6) is 0 Å². The molecular weight excluding hydrogens is 373 g/mol. The quantitative estimate of drug-likeness (QED) is 0.664. The first kappa shape index (κ1) is 18.3. The van der Waals surface area contributed by atoms with Gasteiger partial charge in [-0.1, -0.05) is 12.1 Å². The van der Waals surface area contributed by atoms with E-state index in [1.165, 1.54) is 25.1 Å². The van der Waals surface area contributed by atoms with Crippen molar-refractivity contribution in [3.8, 4) is 0 Å². The van der Waals surface area contributed by atoms with Crippen molar-refractivity contribution >= 4 is 21.0 Å². The van der Waals surface area contributed by atoms with E-state index in [9.17, 15) is 21.6 Å². The van der Waals surface area contributed by atoms with Crippen molar-refractivity contribution in [1.82, 2.24) is 0 Å². The topological polar surface area (TPSA) is 34.1 Å². The van der Waals surface area contributed by atoms with E-state index in [0.717, 1.165) is 36.7 Å². The van der Waals surface area contributed by atoms with Crippen LogP contribution in [0, 0.1) is 29.8 Å². The van der Waals surface area contributed by atoms with Gasteiger partial charge in [0.15, 0.2) is 27.3 Å². The van der Waals surface area contributed by atoms with Crippen LogP contribution in [0.1, 0.15) is 42.4 Å². The molecule has 27 heavy (non-hydrogen) atoms. The molecular formula is C21H19F3O2S. The summed E-state index contributed by atoms with van der Waals surface area (Å²) in [5.41, 5.74) is 2.63. The zero-order chi connectivity index (χ0) is 19.6. The van der Waals surface area contributed by atoms with E-state index >= 15 is 0 Å². The first-order chi connectivity index (χ1) is 12.6. The monoisotopic (exact) mass is 392 g/mol. The maximum atomic E-state index is 14.5. The van der Waals surface area contributed by atoms with Crippen molar-refractivity contribution < 1.29 is 21.6 Å². The molecule has 0 radical (unpaired) electrons. The van der Waals surface area contributed by atoms with Gasteiger partial charge < -0.3 is 0 Å². The molecule has 0 unspecified atom stereocenters. The van der Waals surface area contributed by atoms with Crippen molar-refractivity contribution in [2.45, 2.75) is 37.5 Å². The fraction of sp³-hybridized carbons (Fsp3) is 0.333.